The molecule has 0 bridgehead atoms. The van der Waals surface area contributed by atoms with Gasteiger partial charge in [-0.05, 0) is 19.3 Å². The van der Waals surface area contributed by atoms with E-state index in [2.05, 4.69) is 6.92 Å². The van der Waals surface area contributed by atoms with E-state index in [0.717, 1.165) is 38.5 Å². The molecule has 0 aromatic carbocycles. The lowest BCUT2D eigenvalue weighted by molar-refractivity contribution is -0.151. The van der Waals surface area contributed by atoms with Crippen LogP contribution in [0.3, 0.4) is 0 Å². The van der Waals surface area contributed by atoms with Crippen LogP contribution in [-0.2, 0) is 4.79 Å². The van der Waals surface area contributed by atoms with E-state index in [0.29, 0.717) is 0 Å². The van der Waals surface area contributed by atoms with Crippen molar-refractivity contribution in [3.8, 4) is 0 Å². The van der Waals surface area contributed by atoms with Crippen molar-refractivity contribution in [1.29, 1.82) is 0 Å². The maximum atomic E-state index is 11.3. The number of unbranched alkanes of at least 4 members (excludes halogenated alkanes) is 2. The second-order valence-corrected chi connectivity index (χ2v) is 4.60. The molecule has 0 aromatic heterocycles. The Balaban J connectivity index is 2.47. The molecule has 0 radical (unpaired) electrons. The van der Waals surface area contributed by atoms with Crippen molar-refractivity contribution >= 4 is 5.97 Å². The van der Waals surface area contributed by atoms with Crippen LogP contribution in [0, 0.1) is 5.41 Å². The third-order valence-corrected chi connectivity index (χ3v) is 3.52. The highest BCUT2D eigenvalue weighted by Crippen LogP contribution is 2.40. The van der Waals surface area contributed by atoms with Crippen LogP contribution >= 0.6 is 0 Å². The monoisotopic (exact) mass is 198 g/mol. The van der Waals surface area contributed by atoms with Crippen LogP contribution in [0.2, 0.25) is 0 Å². The van der Waals surface area contributed by atoms with Crippen LogP contribution in [0.5, 0.6) is 0 Å². The summed E-state index contributed by atoms with van der Waals surface area (Å²) in [5.41, 5.74) is -0.354. The van der Waals surface area contributed by atoms with E-state index in [4.69, 9.17) is 0 Å². The molecule has 14 heavy (non-hydrogen) atoms. The highest BCUT2D eigenvalue weighted by molar-refractivity contribution is 5.74. The molecule has 2 heteroatoms. The number of hydrogen-bond donors (Lipinski definition) is 1. The number of hydrogen-bond acceptors (Lipinski definition) is 1. The minimum absolute atomic E-state index is 0.354. The summed E-state index contributed by atoms with van der Waals surface area (Å²) in [4.78, 5) is 11.3. The van der Waals surface area contributed by atoms with Gasteiger partial charge >= 0.3 is 5.97 Å². The van der Waals surface area contributed by atoms with E-state index in [1.54, 1.807) is 0 Å². The highest BCUT2D eigenvalue weighted by Gasteiger charge is 2.38. The molecule has 1 aliphatic rings. The predicted molar refractivity (Wildman–Crippen MR) is 57.3 cm³/mol. The quantitative estimate of drug-likeness (QED) is 0.685. The fraction of sp³-hybridized carbons (Fsp3) is 0.917. The normalized spacial score (nSPS) is 20.6. The van der Waals surface area contributed by atoms with Crippen LogP contribution in [0.1, 0.15) is 64.7 Å². The second-order valence-electron chi connectivity index (χ2n) is 4.60. The van der Waals surface area contributed by atoms with E-state index in [-0.39, 0.29) is 5.41 Å². The van der Waals surface area contributed by atoms with Crippen LogP contribution in [0.25, 0.3) is 0 Å². The SMILES string of the molecule is CCCCCC1(C(=O)O)CCCCC1. The summed E-state index contributed by atoms with van der Waals surface area (Å²) in [6, 6.07) is 0. The topological polar surface area (TPSA) is 37.3 Å². The Hall–Kier alpha value is -0.530. The molecule has 0 aliphatic heterocycles. The fourth-order valence-electron chi connectivity index (χ4n) is 2.51. The number of carboxylic acid groups (broad SMARTS) is 1. The zero-order chi connectivity index (χ0) is 10.4. The predicted octanol–water partition coefficient (Wildman–Crippen LogP) is 3.60. The smallest absolute Gasteiger partial charge is 0.309 e. The lowest BCUT2D eigenvalue weighted by Crippen LogP contribution is -2.33. The number of rotatable bonds is 5. The average Bonchev–Trinajstić information content (AvgIpc) is 2.19. The van der Waals surface area contributed by atoms with E-state index in [1.807, 2.05) is 0 Å². The minimum Gasteiger partial charge on any atom is -0.481 e. The van der Waals surface area contributed by atoms with Crippen molar-refractivity contribution in [2.24, 2.45) is 5.41 Å². The summed E-state index contributed by atoms with van der Waals surface area (Å²) in [5.74, 6) is -0.548. The van der Waals surface area contributed by atoms with Gasteiger partial charge in [-0.1, -0.05) is 45.4 Å². The zero-order valence-electron chi connectivity index (χ0n) is 9.22. The van der Waals surface area contributed by atoms with Crippen molar-refractivity contribution in [3.05, 3.63) is 0 Å². The first-order valence-electron chi connectivity index (χ1n) is 5.95. The molecule has 0 unspecified atom stereocenters. The van der Waals surface area contributed by atoms with Gasteiger partial charge in [0.2, 0.25) is 0 Å². The summed E-state index contributed by atoms with van der Waals surface area (Å²) in [6.07, 6.45) is 9.60. The molecule has 1 saturated carbocycles. The molecule has 2 nitrogen and oxygen atoms in total. The molecule has 0 saturated heterocycles. The molecule has 1 N–H and O–H groups in total. The van der Waals surface area contributed by atoms with Gasteiger partial charge in [-0.3, -0.25) is 4.79 Å². The molecular weight excluding hydrogens is 176 g/mol. The Bertz CT molecular complexity index is 181. The van der Waals surface area contributed by atoms with Crippen molar-refractivity contribution in [2.75, 3.05) is 0 Å². The largest absolute Gasteiger partial charge is 0.481 e. The van der Waals surface area contributed by atoms with Crippen LogP contribution < -0.4 is 0 Å². The second kappa shape index (κ2) is 5.38. The van der Waals surface area contributed by atoms with Crippen molar-refractivity contribution < 1.29 is 9.90 Å². The fourth-order valence-corrected chi connectivity index (χ4v) is 2.51. The van der Waals surface area contributed by atoms with Gasteiger partial charge in [0, 0.05) is 0 Å². The number of aliphatic carboxylic acids is 1. The first-order chi connectivity index (χ1) is 6.71. The van der Waals surface area contributed by atoms with Gasteiger partial charge in [0.15, 0.2) is 0 Å². The lowest BCUT2D eigenvalue weighted by atomic mass is 9.71. The summed E-state index contributed by atoms with van der Waals surface area (Å²) in [5, 5.41) is 9.29. The van der Waals surface area contributed by atoms with Crippen LogP contribution in [0.4, 0.5) is 0 Å². The van der Waals surface area contributed by atoms with Gasteiger partial charge < -0.3 is 5.11 Å². The van der Waals surface area contributed by atoms with E-state index >= 15 is 0 Å². The molecule has 0 atom stereocenters. The summed E-state index contributed by atoms with van der Waals surface area (Å²) < 4.78 is 0. The molecule has 0 heterocycles. The molecule has 1 rings (SSSR count). The minimum atomic E-state index is -0.548. The van der Waals surface area contributed by atoms with E-state index in [9.17, 15) is 9.90 Å². The van der Waals surface area contributed by atoms with Gasteiger partial charge in [0.05, 0.1) is 5.41 Å². The molecule has 0 amide bonds. The molecule has 82 valence electrons. The molecule has 1 fully saturated rings. The Morgan fingerprint density at radius 3 is 2.36 bits per heavy atom. The maximum Gasteiger partial charge on any atom is 0.309 e. The van der Waals surface area contributed by atoms with Gasteiger partial charge in [0.25, 0.3) is 0 Å². The molecule has 0 spiro atoms. The third-order valence-electron chi connectivity index (χ3n) is 3.52. The maximum absolute atomic E-state index is 11.3. The Morgan fingerprint density at radius 1 is 1.21 bits per heavy atom. The van der Waals surface area contributed by atoms with Crippen molar-refractivity contribution in [3.63, 3.8) is 0 Å². The third kappa shape index (κ3) is 2.73. The molecule has 0 aromatic rings. The van der Waals surface area contributed by atoms with Crippen LogP contribution in [-0.4, -0.2) is 11.1 Å². The van der Waals surface area contributed by atoms with E-state index < -0.39 is 5.97 Å². The van der Waals surface area contributed by atoms with Gasteiger partial charge in [-0.25, -0.2) is 0 Å². The van der Waals surface area contributed by atoms with Gasteiger partial charge in [-0.15, -0.1) is 0 Å². The zero-order valence-corrected chi connectivity index (χ0v) is 9.22. The van der Waals surface area contributed by atoms with Gasteiger partial charge in [0.1, 0.15) is 0 Å². The summed E-state index contributed by atoms with van der Waals surface area (Å²) >= 11 is 0. The first kappa shape index (κ1) is 11.5. The van der Waals surface area contributed by atoms with Crippen LogP contribution in [0.15, 0.2) is 0 Å². The lowest BCUT2D eigenvalue weighted by Gasteiger charge is -2.33. The Labute approximate surface area is 86.7 Å². The Kier molecular flexibility index (Phi) is 4.43. The average molecular weight is 198 g/mol. The van der Waals surface area contributed by atoms with E-state index in [1.165, 1.54) is 19.3 Å². The van der Waals surface area contributed by atoms with Crippen molar-refractivity contribution in [1.82, 2.24) is 0 Å². The highest BCUT2D eigenvalue weighted by atomic mass is 16.4. The summed E-state index contributed by atoms with van der Waals surface area (Å²) in [6.45, 7) is 2.16. The standard InChI is InChI=1S/C12H22O2/c1-2-3-5-8-12(11(13)14)9-6-4-7-10-12/h2-10H2,1H3,(H,13,14). The first-order valence-corrected chi connectivity index (χ1v) is 5.95. The number of carboxylic acids is 1. The van der Waals surface area contributed by atoms with Gasteiger partial charge in [-0.2, -0.15) is 0 Å². The molecular formula is C12H22O2. The van der Waals surface area contributed by atoms with Crippen molar-refractivity contribution in [2.45, 2.75) is 64.7 Å². The summed E-state index contributed by atoms with van der Waals surface area (Å²) in [7, 11) is 0. The Morgan fingerprint density at radius 2 is 1.86 bits per heavy atom. The molecule has 1 aliphatic carbocycles. The number of carbonyl (C=O) groups is 1.